The first-order valence-corrected chi connectivity index (χ1v) is 10.8. The van der Waals surface area contributed by atoms with E-state index in [2.05, 4.69) is 15.4 Å². The van der Waals surface area contributed by atoms with Crippen molar-refractivity contribution in [3.8, 4) is 0 Å². The molecule has 6 N–H and O–H groups in total. The van der Waals surface area contributed by atoms with Crippen LogP contribution in [0.15, 0.2) is 18.2 Å². The Kier molecular flexibility index (Phi) is 11.8. The summed E-state index contributed by atoms with van der Waals surface area (Å²) in [6.07, 6.45) is 0.0447. The zero-order valence-electron chi connectivity index (χ0n) is 18.1. The summed E-state index contributed by atoms with van der Waals surface area (Å²) in [6, 6.07) is 5.41. The van der Waals surface area contributed by atoms with Gasteiger partial charge in [0.05, 0.1) is 22.8 Å². The third-order valence-corrected chi connectivity index (χ3v) is 5.39. The van der Waals surface area contributed by atoms with Crippen LogP contribution in [0.3, 0.4) is 0 Å². The fourth-order valence-electron chi connectivity index (χ4n) is 3.03. The minimum absolute atomic E-state index is 0.0180. The number of amides is 1. The molecule has 0 aromatic heterocycles. The Morgan fingerprint density at radius 2 is 2.06 bits per heavy atom. The number of aliphatic hydroxyl groups is 2. The van der Waals surface area contributed by atoms with Gasteiger partial charge in [-0.2, -0.15) is 0 Å². The molecule has 1 heterocycles. The lowest BCUT2D eigenvalue weighted by Crippen LogP contribution is -2.51. The molecule has 0 bridgehead atoms. The molecule has 31 heavy (non-hydrogen) atoms. The van der Waals surface area contributed by atoms with Crippen molar-refractivity contribution in [1.82, 2.24) is 10.6 Å². The standard InChI is InChI=1S/C16H23Cl2N3O3.C5H10O2/c17-13-2-1-9(3-14(13)18)12-4-10(20-7-15(12)19)5-16(24)21-6-11(23)8-22;1-5(2,3)7-4-6/h1-3,10-12,15,20,22-23H,4-8,19H2,(H,21,24);4H,1-3H3/t10?,11?,12-,15+;/m0./s1. The molecular weight excluding hydrogens is 445 g/mol. The number of benzene rings is 1. The molecule has 1 saturated heterocycles. The van der Waals surface area contributed by atoms with E-state index in [4.69, 9.17) is 34.0 Å². The molecule has 176 valence electrons. The van der Waals surface area contributed by atoms with Crippen LogP contribution in [0.2, 0.25) is 10.0 Å². The summed E-state index contributed by atoms with van der Waals surface area (Å²) in [4.78, 5) is 21.5. The van der Waals surface area contributed by atoms with Crippen molar-refractivity contribution in [3.05, 3.63) is 33.8 Å². The Hall–Kier alpha value is -1.42. The highest BCUT2D eigenvalue weighted by atomic mass is 35.5. The Balaban J connectivity index is 0.000000592. The van der Waals surface area contributed by atoms with Crippen molar-refractivity contribution in [1.29, 1.82) is 0 Å². The summed E-state index contributed by atoms with van der Waals surface area (Å²) in [5.41, 5.74) is 6.90. The Morgan fingerprint density at radius 3 is 2.58 bits per heavy atom. The van der Waals surface area contributed by atoms with Crippen LogP contribution in [-0.2, 0) is 14.3 Å². The summed E-state index contributed by atoms with van der Waals surface area (Å²) in [6.45, 7) is 6.18. The predicted octanol–water partition coefficient (Wildman–Crippen LogP) is 1.58. The van der Waals surface area contributed by atoms with E-state index >= 15 is 0 Å². The third kappa shape index (κ3) is 10.6. The zero-order chi connectivity index (χ0) is 23.6. The quantitative estimate of drug-likeness (QED) is 0.376. The minimum Gasteiger partial charge on any atom is -0.462 e. The molecule has 1 aromatic carbocycles. The Morgan fingerprint density at radius 1 is 1.39 bits per heavy atom. The summed E-state index contributed by atoms with van der Waals surface area (Å²) in [5.74, 6) is -0.0924. The van der Waals surface area contributed by atoms with Gasteiger partial charge in [0.15, 0.2) is 0 Å². The lowest BCUT2D eigenvalue weighted by molar-refractivity contribution is -0.138. The molecule has 1 amide bonds. The summed E-state index contributed by atoms with van der Waals surface area (Å²) < 4.78 is 4.55. The molecule has 2 unspecified atom stereocenters. The highest BCUT2D eigenvalue weighted by molar-refractivity contribution is 6.42. The minimum atomic E-state index is -0.939. The van der Waals surface area contributed by atoms with Crippen LogP contribution >= 0.6 is 23.2 Å². The van der Waals surface area contributed by atoms with Crippen LogP contribution in [0.4, 0.5) is 0 Å². The molecule has 1 aliphatic heterocycles. The van der Waals surface area contributed by atoms with Gasteiger partial charge >= 0.3 is 0 Å². The van der Waals surface area contributed by atoms with E-state index in [1.807, 2.05) is 32.9 Å². The zero-order valence-corrected chi connectivity index (χ0v) is 19.6. The van der Waals surface area contributed by atoms with Crippen molar-refractivity contribution >= 4 is 35.6 Å². The number of ether oxygens (including phenoxy) is 1. The van der Waals surface area contributed by atoms with E-state index in [9.17, 15) is 14.7 Å². The molecule has 0 saturated carbocycles. The van der Waals surface area contributed by atoms with Gasteiger partial charge in [0.1, 0.15) is 5.60 Å². The Bertz CT molecular complexity index is 715. The van der Waals surface area contributed by atoms with E-state index in [0.717, 1.165) is 5.56 Å². The molecule has 1 fully saturated rings. The van der Waals surface area contributed by atoms with Crippen LogP contribution < -0.4 is 16.4 Å². The molecule has 0 aliphatic carbocycles. The molecule has 10 heteroatoms. The van der Waals surface area contributed by atoms with Crippen LogP contribution in [0.5, 0.6) is 0 Å². The van der Waals surface area contributed by atoms with Crippen molar-refractivity contribution in [2.45, 2.75) is 63.3 Å². The van der Waals surface area contributed by atoms with Gasteiger partial charge in [-0.15, -0.1) is 0 Å². The van der Waals surface area contributed by atoms with Gasteiger partial charge in [0, 0.05) is 37.5 Å². The van der Waals surface area contributed by atoms with Crippen molar-refractivity contribution in [2.24, 2.45) is 5.73 Å². The van der Waals surface area contributed by atoms with Crippen molar-refractivity contribution in [3.63, 3.8) is 0 Å². The molecule has 8 nitrogen and oxygen atoms in total. The second-order valence-electron chi connectivity index (χ2n) is 8.46. The number of hydrogen-bond acceptors (Lipinski definition) is 7. The van der Waals surface area contributed by atoms with Crippen molar-refractivity contribution in [2.75, 3.05) is 19.7 Å². The van der Waals surface area contributed by atoms with Crippen LogP contribution in [0.1, 0.15) is 45.1 Å². The molecule has 1 aliphatic rings. The van der Waals surface area contributed by atoms with Crippen LogP contribution in [0, 0.1) is 0 Å². The number of aliphatic hydroxyl groups excluding tert-OH is 2. The van der Waals surface area contributed by atoms with E-state index in [1.165, 1.54) is 0 Å². The average molecular weight is 478 g/mol. The molecule has 0 radical (unpaired) electrons. The fourth-order valence-corrected chi connectivity index (χ4v) is 3.33. The largest absolute Gasteiger partial charge is 0.462 e. The first-order chi connectivity index (χ1) is 14.5. The van der Waals surface area contributed by atoms with Gasteiger partial charge in [0.25, 0.3) is 6.47 Å². The van der Waals surface area contributed by atoms with E-state index in [0.29, 0.717) is 29.5 Å². The number of nitrogens with two attached hydrogens (primary N) is 1. The summed E-state index contributed by atoms with van der Waals surface area (Å²) >= 11 is 12.0. The maximum Gasteiger partial charge on any atom is 0.293 e. The topological polar surface area (TPSA) is 134 Å². The number of halogens is 2. The lowest BCUT2D eigenvalue weighted by Gasteiger charge is -2.35. The van der Waals surface area contributed by atoms with Gasteiger partial charge in [-0.05, 0) is 44.9 Å². The highest BCUT2D eigenvalue weighted by Gasteiger charge is 2.30. The second-order valence-corrected chi connectivity index (χ2v) is 9.27. The normalized spacial score (nSPS) is 22.0. The fraction of sp³-hybridized carbons (Fsp3) is 0.619. The molecule has 0 spiro atoms. The lowest BCUT2D eigenvalue weighted by atomic mass is 9.82. The number of carbonyl (C=O) groups is 2. The van der Waals surface area contributed by atoms with E-state index < -0.39 is 6.10 Å². The molecular formula is C21H33Cl2N3O5. The summed E-state index contributed by atoms with van der Waals surface area (Å²) in [5, 5.41) is 24.9. The number of rotatable bonds is 7. The van der Waals surface area contributed by atoms with E-state index in [1.54, 1.807) is 6.07 Å². The van der Waals surface area contributed by atoms with Crippen LogP contribution in [0.25, 0.3) is 0 Å². The van der Waals surface area contributed by atoms with Gasteiger partial charge in [0.2, 0.25) is 5.91 Å². The number of carbonyl (C=O) groups excluding carboxylic acids is 2. The van der Waals surface area contributed by atoms with Crippen molar-refractivity contribution < 1.29 is 24.5 Å². The number of nitrogens with one attached hydrogen (secondary N) is 2. The van der Waals surface area contributed by atoms with Gasteiger partial charge in [-0.25, -0.2) is 0 Å². The van der Waals surface area contributed by atoms with Crippen LogP contribution in [-0.4, -0.2) is 66.1 Å². The maximum absolute atomic E-state index is 11.9. The molecule has 2 rings (SSSR count). The smallest absolute Gasteiger partial charge is 0.293 e. The van der Waals surface area contributed by atoms with Gasteiger partial charge < -0.3 is 31.3 Å². The first-order valence-electron chi connectivity index (χ1n) is 10.1. The first kappa shape index (κ1) is 27.6. The number of piperidine rings is 1. The number of hydrogen-bond donors (Lipinski definition) is 5. The third-order valence-electron chi connectivity index (χ3n) is 4.65. The monoisotopic (exact) mass is 477 g/mol. The molecule has 4 atom stereocenters. The Labute approximate surface area is 193 Å². The SMILES string of the molecule is CC(C)(C)OC=O.N[C@@H]1CNC(CC(=O)NCC(O)CO)C[C@H]1c1ccc(Cl)c(Cl)c1. The van der Waals surface area contributed by atoms with Gasteiger partial charge in [-0.1, -0.05) is 29.3 Å². The maximum atomic E-state index is 11.9. The van der Waals surface area contributed by atoms with E-state index in [-0.39, 0.29) is 49.1 Å². The highest BCUT2D eigenvalue weighted by Crippen LogP contribution is 2.32. The predicted molar refractivity (Wildman–Crippen MR) is 121 cm³/mol. The summed E-state index contributed by atoms with van der Waals surface area (Å²) in [7, 11) is 0. The molecule has 1 aromatic rings. The van der Waals surface area contributed by atoms with Gasteiger partial charge in [-0.3, -0.25) is 9.59 Å². The average Bonchev–Trinajstić information content (AvgIpc) is 2.69. The second kappa shape index (κ2) is 13.2.